The molecule has 1 saturated heterocycles. The summed E-state index contributed by atoms with van der Waals surface area (Å²) in [5.74, 6) is -0.454. The Labute approximate surface area is 79.2 Å². The zero-order valence-corrected chi connectivity index (χ0v) is 8.02. The van der Waals surface area contributed by atoms with Crippen LogP contribution in [0.5, 0.6) is 0 Å². The predicted octanol–water partition coefficient (Wildman–Crippen LogP) is 2.15. The Bertz CT molecular complexity index is 294. The maximum absolute atomic E-state index is 12.1. The first-order valence-electron chi connectivity index (χ1n) is 4.12. The molecular formula is C8H10F2N2S. The van der Waals surface area contributed by atoms with E-state index in [2.05, 4.69) is 4.98 Å². The Kier molecular flexibility index (Phi) is 2.19. The van der Waals surface area contributed by atoms with Crippen LogP contribution < -0.4 is 4.90 Å². The predicted molar refractivity (Wildman–Crippen MR) is 48.6 cm³/mol. The maximum Gasteiger partial charge on any atom is 0.244 e. The van der Waals surface area contributed by atoms with Crippen molar-refractivity contribution < 1.29 is 8.78 Å². The van der Waals surface area contributed by atoms with Gasteiger partial charge in [0.15, 0.2) is 5.13 Å². The fourth-order valence-electron chi connectivity index (χ4n) is 1.32. The molecule has 72 valence electrons. The Morgan fingerprint density at radius 3 is 2.77 bits per heavy atom. The van der Waals surface area contributed by atoms with Gasteiger partial charge < -0.3 is 4.90 Å². The van der Waals surface area contributed by atoms with E-state index in [1.165, 1.54) is 0 Å². The summed E-state index contributed by atoms with van der Waals surface area (Å²) in [5.41, 5.74) is 0. The quantitative estimate of drug-likeness (QED) is 0.733. The van der Waals surface area contributed by atoms with Gasteiger partial charge in [0.1, 0.15) is 0 Å². The molecule has 1 fully saturated rings. The molecule has 1 aliphatic heterocycles. The lowest BCUT2D eigenvalue weighted by atomic mass is 10.0. The van der Waals surface area contributed by atoms with Crippen molar-refractivity contribution in [1.29, 1.82) is 0 Å². The van der Waals surface area contributed by atoms with Crippen LogP contribution in [-0.4, -0.2) is 24.5 Å². The van der Waals surface area contributed by atoms with Gasteiger partial charge in [0.05, 0.1) is 5.92 Å². The molecule has 1 aliphatic rings. The first kappa shape index (κ1) is 8.87. The molecule has 0 aliphatic carbocycles. The number of aromatic nitrogens is 1. The minimum atomic E-state index is -2.18. The monoisotopic (exact) mass is 204 g/mol. The highest BCUT2D eigenvalue weighted by Gasteiger charge is 2.35. The van der Waals surface area contributed by atoms with Crippen LogP contribution >= 0.6 is 11.3 Å². The van der Waals surface area contributed by atoms with E-state index in [0.29, 0.717) is 13.1 Å². The third-order valence-corrected chi connectivity index (χ3v) is 3.12. The average molecular weight is 204 g/mol. The van der Waals surface area contributed by atoms with Gasteiger partial charge in [-0.1, -0.05) is 0 Å². The van der Waals surface area contributed by atoms with Crippen LogP contribution in [0.15, 0.2) is 6.20 Å². The molecule has 0 bridgehead atoms. The largest absolute Gasteiger partial charge is 0.347 e. The van der Waals surface area contributed by atoms with Crippen molar-refractivity contribution >= 4 is 16.5 Å². The molecule has 0 unspecified atom stereocenters. The van der Waals surface area contributed by atoms with Crippen molar-refractivity contribution in [2.45, 2.75) is 13.3 Å². The lowest BCUT2D eigenvalue weighted by Gasteiger charge is -2.38. The van der Waals surface area contributed by atoms with E-state index < -0.39 is 12.3 Å². The summed E-state index contributed by atoms with van der Waals surface area (Å²) in [7, 11) is 0. The van der Waals surface area contributed by atoms with E-state index in [9.17, 15) is 8.78 Å². The van der Waals surface area contributed by atoms with Crippen LogP contribution in [0.3, 0.4) is 0 Å². The normalized spacial score (nSPS) is 18.0. The number of alkyl halides is 2. The molecule has 0 amide bonds. The molecule has 5 heteroatoms. The summed E-state index contributed by atoms with van der Waals surface area (Å²) in [6.45, 7) is 2.86. The molecule has 0 spiro atoms. The van der Waals surface area contributed by atoms with Crippen LogP contribution in [0, 0.1) is 12.8 Å². The molecule has 0 aromatic carbocycles. The minimum absolute atomic E-state index is 0.449. The summed E-state index contributed by atoms with van der Waals surface area (Å²) >= 11 is 1.56. The Morgan fingerprint density at radius 2 is 2.31 bits per heavy atom. The Balaban J connectivity index is 1.93. The summed E-state index contributed by atoms with van der Waals surface area (Å²) in [6, 6.07) is 0. The fraction of sp³-hybridized carbons (Fsp3) is 0.625. The second-order valence-corrected chi connectivity index (χ2v) is 4.47. The molecular weight excluding hydrogens is 194 g/mol. The summed E-state index contributed by atoms with van der Waals surface area (Å²) in [6.07, 6.45) is -0.410. The van der Waals surface area contributed by atoms with Crippen LogP contribution in [0.25, 0.3) is 0 Å². The van der Waals surface area contributed by atoms with Gasteiger partial charge in [-0.3, -0.25) is 0 Å². The van der Waals surface area contributed by atoms with E-state index in [1.807, 2.05) is 11.8 Å². The van der Waals surface area contributed by atoms with E-state index >= 15 is 0 Å². The van der Waals surface area contributed by atoms with Crippen molar-refractivity contribution in [3.63, 3.8) is 0 Å². The molecule has 2 heterocycles. The Hall–Kier alpha value is -0.710. The summed E-state index contributed by atoms with van der Waals surface area (Å²) in [4.78, 5) is 7.15. The number of anilines is 1. The van der Waals surface area contributed by atoms with Crippen molar-refractivity contribution in [3.8, 4) is 0 Å². The SMILES string of the molecule is Cc1cnc(N2CC(C(F)F)C2)s1. The lowest BCUT2D eigenvalue weighted by Crippen LogP contribution is -2.49. The Morgan fingerprint density at radius 1 is 1.62 bits per heavy atom. The molecule has 0 radical (unpaired) electrons. The number of aryl methyl sites for hydroxylation is 1. The second-order valence-electron chi connectivity index (χ2n) is 3.25. The molecule has 2 nitrogen and oxygen atoms in total. The standard InChI is InChI=1S/C8H10F2N2S/c1-5-2-11-8(13-5)12-3-6(4-12)7(9)10/h2,6-7H,3-4H2,1H3. The summed E-state index contributed by atoms with van der Waals surface area (Å²) in [5, 5.41) is 0.870. The van der Waals surface area contributed by atoms with Crippen molar-refractivity contribution in [2.75, 3.05) is 18.0 Å². The number of halogens is 2. The van der Waals surface area contributed by atoms with Gasteiger partial charge in [0, 0.05) is 24.2 Å². The second kappa shape index (κ2) is 3.21. The van der Waals surface area contributed by atoms with Gasteiger partial charge >= 0.3 is 0 Å². The van der Waals surface area contributed by atoms with Gasteiger partial charge in [-0.2, -0.15) is 0 Å². The smallest absolute Gasteiger partial charge is 0.244 e. The number of rotatable bonds is 2. The number of thiazole rings is 1. The lowest BCUT2D eigenvalue weighted by molar-refractivity contribution is 0.0614. The first-order valence-corrected chi connectivity index (χ1v) is 4.94. The fourth-order valence-corrected chi connectivity index (χ4v) is 2.09. The number of nitrogens with zero attached hydrogens (tertiary/aromatic N) is 2. The zero-order valence-electron chi connectivity index (χ0n) is 7.20. The van der Waals surface area contributed by atoms with E-state index in [-0.39, 0.29) is 0 Å². The highest BCUT2D eigenvalue weighted by Crippen LogP contribution is 2.30. The minimum Gasteiger partial charge on any atom is -0.347 e. The molecule has 1 aromatic heterocycles. The van der Waals surface area contributed by atoms with Gasteiger partial charge in [-0.15, -0.1) is 11.3 Å². The maximum atomic E-state index is 12.1. The highest BCUT2D eigenvalue weighted by atomic mass is 32.1. The summed E-state index contributed by atoms with van der Waals surface area (Å²) < 4.78 is 24.3. The van der Waals surface area contributed by atoms with Crippen molar-refractivity contribution in [2.24, 2.45) is 5.92 Å². The van der Waals surface area contributed by atoms with E-state index in [4.69, 9.17) is 0 Å². The van der Waals surface area contributed by atoms with Gasteiger partial charge in [-0.25, -0.2) is 13.8 Å². The van der Waals surface area contributed by atoms with Crippen molar-refractivity contribution in [3.05, 3.63) is 11.1 Å². The molecule has 0 N–H and O–H groups in total. The molecule has 0 atom stereocenters. The topological polar surface area (TPSA) is 16.1 Å². The van der Waals surface area contributed by atoms with Crippen molar-refractivity contribution in [1.82, 2.24) is 4.98 Å². The third-order valence-electron chi connectivity index (χ3n) is 2.15. The average Bonchev–Trinajstić information content (AvgIpc) is 2.31. The van der Waals surface area contributed by atoms with E-state index in [0.717, 1.165) is 10.0 Å². The zero-order chi connectivity index (χ0) is 9.42. The first-order chi connectivity index (χ1) is 6.16. The van der Waals surface area contributed by atoms with Gasteiger partial charge in [0.25, 0.3) is 0 Å². The van der Waals surface area contributed by atoms with Gasteiger partial charge in [0.2, 0.25) is 6.43 Å². The number of hydrogen-bond acceptors (Lipinski definition) is 3. The highest BCUT2D eigenvalue weighted by molar-refractivity contribution is 7.15. The third kappa shape index (κ3) is 1.65. The molecule has 13 heavy (non-hydrogen) atoms. The molecule has 2 rings (SSSR count). The number of hydrogen-bond donors (Lipinski definition) is 0. The van der Waals surface area contributed by atoms with Crippen LogP contribution in [-0.2, 0) is 0 Å². The molecule has 1 aromatic rings. The van der Waals surface area contributed by atoms with E-state index in [1.54, 1.807) is 17.5 Å². The van der Waals surface area contributed by atoms with Crippen LogP contribution in [0.2, 0.25) is 0 Å². The van der Waals surface area contributed by atoms with Crippen LogP contribution in [0.4, 0.5) is 13.9 Å². The van der Waals surface area contributed by atoms with Gasteiger partial charge in [-0.05, 0) is 6.92 Å². The van der Waals surface area contributed by atoms with Crippen LogP contribution in [0.1, 0.15) is 4.88 Å². The molecule has 0 saturated carbocycles.